The van der Waals surface area contributed by atoms with Crippen molar-refractivity contribution in [3.63, 3.8) is 0 Å². The molecule has 0 radical (unpaired) electrons. The molecule has 0 aliphatic carbocycles. The highest BCUT2D eigenvalue weighted by atomic mass is 35.5. The van der Waals surface area contributed by atoms with Gasteiger partial charge < -0.3 is 9.73 Å². The summed E-state index contributed by atoms with van der Waals surface area (Å²) in [5, 5.41) is 5.14. The Balaban J connectivity index is 1.45. The number of benzene rings is 4. The Morgan fingerprint density at radius 3 is 2.40 bits per heavy atom. The maximum Gasteiger partial charge on any atom is 0.264 e. The van der Waals surface area contributed by atoms with Gasteiger partial charge in [0.1, 0.15) is 17.7 Å². The third-order valence-corrected chi connectivity index (χ3v) is 7.68. The van der Waals surface area contributed by atoms with E-state index in [0.717, 1.165) is 26.2 Å². The van der Waals surface area contributed by atoms with E-state index in [1.54, 1.807) is 30.3 Å². The van der Waals surface area contributed by atoms with E-state index in [4.69, 9.17) is 16.0 Å². The lowest BCUT2D eigenvalue weighted by atomic mass is 10.1. The van der Waals surface area contributed by atoms with Gasteiger partial charge in [0, 0.05) is 27.5 Å². The number of nitrogens with one attached hydrogen (secondary N) is 1. The van der Waals surface area contributed by atoms with Crippen LogP contribution in [0.5, 0.6) is 0 Å². The zero-order chi connectivity index (χ0) is 24.6. The smallest absolute Gasteiger partial charge is 0.264 e. The predicted octanol–water partition coefficient (Wildman–Crippen LogP) is 6.38. The largest absolute Gasteiger partial charge is 0.456 e. The van der Waals surface area contributed by atoms with E-state index >= 15 is 0 Å². The van der Waals surface area contributed by atoms with Gasteiger partial charge in [0.2, 0.25) is 5.91 Å². The van der Waals surface area contributed by atoms with Gasteiger partial charge in [-0.15, -0.1) is 0 Å². The van der Waals surface area contributed by atoms with Gasteiger partial charge >= 0.3 is 0 Å². The van der Waals surface area contributed by atoms with Gasteiger partial charge in [0.25, 0.3) is 10.0 Å². The normalized spacial score (nSPS) is 11.6. The molecule has 1 amide bonds. The molecule has 4 aromatic carbocycles. The van der Waals surface area contributed by atoms with Crippen LogP contribution in [0, 0.1) is 6.92 Å². The van der Waals surface area contributed by atoms with Crippen molar-refractivity contribution in [3.8, 4) is 0 Å². The summed E-state index contributed by atoms with van der Waals surface area (Å²) in [6, 6.07) is 25.9. The second kappa shape index (κ2) is 9.09. The fraction of sp³-hybridized carbons (Fsp3) is 0.0741. The molecule has 5 rings (SSSR count). The van der Waals surface area contributed by atoms with E-state index in [9.17, 15) is 13.2 Å². The first kappa shape index (κ1) is 23.0. The number of carbonyl (C=O) groups excluding carboxylic acids is 1. The molecule has 176 valence electrons. The lowest BCUT2D eigenvalue weighted by molar-refractivity contribution is -0.114. The molecular formula is C27H21ClN2O4S. The summed E-state index contributed by atoms with van der Waals surface area (Å²) in [5.41, 5.74) is 3.16. The Morgan fingerprint density at radius 1 is 0.886 bits per heavy atom. The number of amides is 1. The van der Waals surface area contributed by atoms with Crippen LogP contribution in [0.4, 0.5) is 11.4 Å². The summed E-state index contributed by atoms with van der Waals surface area (Å²) in [6.07, 6.45) is 0. The number of para-hydroxylation sites is 1. The first-order valence-electron chi connectivity index (χ1n) is 10.9. The lowest BCUT2D eigenvalue weighted by Crippen LogP contribution is -2.38. The maximum atomic E-state index is 13.5. The van der Waals surface area contributed by atoms with Crippen molar-refractivity contribution in [3.05, 3.63) is 102 Å². The fourth-order valence-electron chi connectivity index (χ4n) is 3.97. The average Bonchev–Trinajstić information content (AvgIpc) is 3.20. The molecule has 35 heavy (non-hydrogen) atoms. The van der Waals surface area contributed by atoms with Gasteiger partial charge in [-0.05, 0) is 67.1 Å². The Hall–Kier alpha value is -3.81. The Morgan fingerprint density at radius 2 is 1.63 bits per heavy atom. The number of anilines is 2. The van der Waals surface area contributed by atoms with Crippen molar-refractivity contribution in [2.45, 2.75) is 11.8 Å². The molecular weight excluding hydrogens is 484 g/mol. The van der Waals surface area contributed by atoms with Crippen molar-refractivity contribution < 1.29 is 17.6 Å². The van der Waals surface area contributed by atoms with Crippen molar-refractivity contribution >= 4 is 60.8 Å². The number of sulfonamides is 1. The molecule has 0 aliphatic heterocycles. The Kier molecular flexibility index (Phi) is 5.96. The van der Waals surface area contributed by atoms with E-state index in [1.807, 2.05) is 43.3 Å². The van der Waals surface area contributed by atoms with Crippen LogP contribution in [0.3, 0.4) is 0 Å². The molecule has 0 spiro atoms. The number of nitrogens with zero attached hydrogens (tertiary/aromatic N) is 1. The molecule has 0 aliphatic rings. The summed E-state index contributed by atoms with van der Waals surface area (Å²) in [5.74, 6) is -0.487. The zero-order valence-corrected chi connectivity index (χ0v) is 20.3. The van der Waals surface area contributed by atoms with E-state index in [1.165, 1.54) is 24.3 Å². The third kappa shape index (κ3) is 4.60. The fourth-order valence-corrected chi connectivity index (χ4v) is 5.51. The highest BCUT2D eigenvalue weighted by molar-refractivity contribution is 7.92. The first-order valence-corrected chi connectivity index (χ1v) is 12.7. The lowest BCUT2D eigenvalue weighted by Gasteiger charge is -2.24. The molecule has 8 heteroatoms. The van der Waals surface area contributed by atoms with Crippen LogP contribution in [0.25, 0.3) is 21.9 Å². The summed E-state index contributed by atoms with van der Waals surface area (Å²) in [7, 11) is -4.03. The van der Waals surface area contributed by atoms with Crippen LogP contribution < -0.4 is 9.62 Å². The van der Waals surface area contributed by atoms with Crippen LogP contribution >= 0.6 is 11.6 Å². The minimum absolute atomic E-state index is 0.0416. The van der Waals surface area contributed by atoms with Gasteiger partial charge in [-0.3, -0.25) is 9.10 Å². The standard InChI is InChI=1S/C27H21ClN2O4S/c1-18-5-4-6-21(15-18)30(35(32,33)22-12-9-19(28)10-13-22)17-27(31)29-20-11-14-24-23-7-2-3-8-25(23)34-26(24)16-20/h2-16H,17H2,1H3,(H,29,31). The monoisotopic (exact) mass is 504 g/mol. The number of carbonyl (C=O) groups is 1. The molecule has 0 fully saturated rings. The maximum absolute atomic E-state index is 13.5. The van der Waals surface area contributed by atoms with E-state index in [0.29, 0.717) is 22.0 Å². The Labute approximate surface area is 207 Å². The number of fused-ring (bicyclic) bond motifs is 3. The molecule has 0 unspecified atom stereocenters. The highest BCUT2D eigenvalue weighted by Crippen LogP contribution is 2.31. The second-order valence-electron chi connectivity index (χ2n) is 8.16. The molecule has 1 N–H and O–H groups in total. The number of hydrogen-bond donors (Lipinski definition) is 1. The minimum atomic E-state index is -4.03. The van der Waals surface area contributed by atoms with Crippen LogP contribution in [-0.4, -0.2) is 20.9 Å². The van der Waals surface area contributed by atoms with Crippen LogP contribution in [0.1, 0.15) is 5.56 Å². The van der Waals surface area contributed by atoms with Crippen molar-refractivity contribution in [1.82, 2.24) is 0 Å². The molecule has 6 nitrogen and oxygen atoms in total. The number of furan rings is 1. The third-order valence-electron chi connectivity index (χ3n) is 5.64. The molecule has 1 aromatic heterocycles. The second-order valence-corrected chi connectivity index (χ2v) is 10.5. The van der Waals surface area contributed by atoms with Gasteiger partial charge in [-0.1, -0.05) is 41.9 Å². The summed E-state index contributed by atoms with van der Waals surface area (Å²) < 4.78 is 34.0. The quantitative estimate of drug-likeness (QED) is 0.291. The van der Waals surface area contributed by atoms with Gasteiger partial charge in [-0.2, -0.15) is 0 Å². The molecule has 0 atom stereocenters. The summed E-state index contributed by atoms with van der Waals surface area (Å²) in [6.45, 7) is 1.45. The van der Waals surface area contributed by atoms with E-state index in [2.05, 4.69) is 5.32 Å². The summed E-state index contributed by atoms with van der Waals surface area (Å²) in [4.78, 5) is 13.1. The van der Waals surface area contributed by atoms with Gasteiger partial charge in [-0.25, -0.2) is 8.42 Å². The van der Waals surface area contributed by atoms with Crippen molar-refractivity contribution in [2.24, 2.45) is 0 Å². The number of aryl methyl sites for hydroxylation is 1. The number of rotatable bonds is 6. The topological polar surface area (TPSA) is 79.6 Å². The SMILES string of the molecule is Cc1cccc(N(CC(=O)Nc2ccc3c(c2)oc2ccccc23)S(=O)(=O)c2ccc(Cl)cc2)c1. The van der Waals surface area contributed by atoms with Crippen LogP contribution in [-0.2, 0) is 14.8 Å². The van der Waals surface area contributed by atoms with Crippen molar-refractivity contribution in [1.29, 1.82) is 0 Å². The minimum Gasteiger partial charge on any atom is -0.456 e. The highest BCUT2D eigenvalue weighted by Gasteiger charge is 2.27. The van der Waals surface area contributed by atoms with Crippen molar-refractivity contribution in [2.75, 3.05) is 16.2 Å². The zero-order valence-electron chi connectivity index (χ0n) is 18.7. The molecule has 1 heterocycles. The molecule has 5 aromatic rings. The van der Waals surface area contributed by atoms with Gasteiger partial charge in [0.15, 0.2) is 0 Å². The van der Waals surface area contributed by atoms with Crippen LogP contribution in [0.15, 0.2) is 100 Å². The predicted molar refractivity (Wildman–Crippen MR) is 140 cm³/mol. The average molecular weight is 505 g/mol. The first-order chi connectivity index (χ1) is 16.8. The van der Waals surface area contributed by atoms with E-state index < -0.39 is 22.5 Å². The Bertz CT molecular complexity index is 1660. The van der Waals surface area contributed by atoms with E-state index in [-0.39, 0.29) is 4.90 Å². The number of hydrogen-bond acceptors (Lipinski definition) is 4. The molecule has 0 bridgehead atoms. The molecule has 0 saturated heterocycles. The summed E-state index contributed by atoms with van der Waals surface area (Å²) >= 11 is 5.94. The van der Waals surface area contributed by atoms with Crippen LogP contribution in [0.2, 0.25) is 5.02 Å². The number of halogens is 1. The van der Waals surface area contributed by atoms with Gasteiger partial charge in [0.05, 0.1) is 10.6 Å². The molecule has 0 saturated carbocycles.